The maximum Gasteiger partial charge on any atom is 0.220 e. The lowest BCUT2D eigenvalue weighted by Gasteiger charge is -2.18. The summed E-state index contributed by atoms with van der Waals surface area (Å²) in [5, 5.41) is 3.00. The van der Waals surface area contributed by atoms with Crippen LogP contribution in [0.2, 0.25) is 0 Å². The highest BCUT2D eigenvalue weighted by Gasteiger charge is 2.33. The van der Waals surface area contributed by atoms with Crippen molar-refractivity contribution in [2.45, 2.75) is 39.0 Å². The van der Waals surface area contributed by atoms with Gasteiger partial charge in [-0.05, 0) is 43.3 Å². The van der Waals surface area contributed by atoms with Gasteiger partial charge in [0.05, 0.1) is 13.2 Å². The molecule has 0 aromatic heterocycles. The van der Waals surface area contributed by atoms with E-state index in [2.05, 4.69) is 48.3 Å². The smallest absolute Gasteiger partial charge is 0.220 e. The van der Waals surface area contributed by atoms with E-state index >= 15 is 0 Å². The summed E-state index contributed by atoms with van der Waals surface area (Å²) < 4.78 is 5.61. The Balaban J connectivity index is 1.62. The second-order valence-corrected chi connectivity index (χ2v) is 6.55. The van der Waals surface area contributed by atoms with Crippen molar-refractivity contribution in [3.05, 3.63) is 35.9 Å². The molecule has 1 aromatic rings. The fourth-order valence-corrected chi connectivity index (χ4v) is 3.13. The van der Waals surface area contributed by atoms with Crippen LogP contribution in [0.4, 0.5) is 0 Å². The first-order valence-electron chi connectivity index (χ1n) is 9.36. The van der Waals surface area contributed by atoms with E-state index in [9.17, 15) is 4.79 Å². The number of amides is 1. The molecule has 24 heavy (non-hydrogen) atoms. The van der Waals surface area contributed by atoms with Crippen molar-refractivity contribution in [3.63, 3.8) is 0 Å². The molecule has 0 aliphatic heterocycles. The third-order valence-corrected chi connectivity index (χ3v) is 4.84. The summed E-state index contributed by atoms with van der Waals surface area (Å²) in [5.74, 6) is 1.20. The third kappa shape index (κ3) is 6.62. The minimum atomic E-state index is 0.142. The molecule has 1 amide bonds. The van der Waals surface area contributed by atoms with E-state index in [0.717, 1.165) is 26.2 Å². The molecule has 134 valence electrons. The first kappa shape index (κ1) is 18.9. The second kappa shape index (κ2) is 10.5. The highest BCUT2D eigenvalue weighted by atomic mass is 16.5. The summed E-state index contributed by atoms with van der Waals surface area (Å²) in [4.78, 5) is 14.5. The van der Waals surface area contributed by atoms with Crippen molar-refractivity contribution >= 4 is 5.91 Å². The molecule has 0 radical (unpaired) electrons. The Kier molecular flexibility index (Phi) is 8.26. The van der Waals surface area contributed by atoms with E-state index in [0.29, 0.717) is 31.4 Å². The monoisotopic (exact) mass is 332 g/mol. The number of rotatable bonds is 12. The summed E-state index contributed by atoms with van der Waals surface area (Å²) >= 11 is 0. The quantitative estimate of drug-likeness (QED) is 0.598. The van der Waals surface area contributed by atoms with E-state index in [1.165, 1.54) is 18.4 Å². The van der Waals surface area contributed by atoms with Crippen LogP contribution in [0.3, 0.4) is 0 Å². The van der Waals surface area contributed by atoms with Crippen LogP contribution in [0.15, 0.2) is 30.3 Å². The Labute approximate surface area is 146 Å². The molecule has 1 aromatic carbocycles. The van der Waals surface area contributed by atoms with E-state index in [1.54, 1.807) is 0 Å². The van der Waals surface area contributed by atoms with Gasteiger partial charge in [-0.25, -0.2) is 0 Å². The van der Waals surface area contributed by atoms with E-state index in [1.807, 2.05) is 6.07 Å². The van der Waals surface area contributed by atoms with Crippen LogP contribution in [-0.4, -0.2) is 50.2 Å². The zero-order chi connectivity index (χ0) is 17.2. The van der Waals surface area contributed by atoms with Gasteiger partial charge in [0.2, 0.25) is 5.91 Å². The lowest BCUT2D eigenvalue weighted by atomic mass is 9.91. The highest BCUT2D eigenvalue weighted by Crippen LogP contribution is 2.44. The SMILES string of the molecule is CCN(CC)CCOCCNC(=O)CC(c1ccccc1)C1CC1. The normalized spacial score (nSPS) is 15.5. The average Bonchev–Trinajstić information content (AvgIpc) is 3.45. The van der Waals surface area contributed by atoms with Crippen molar-refractivity contribution in [2.24, 2.45) is 5.92 Å². The summed E-state index contributed by atoms with van der Waals surface area (Å²) in [7, 11) is 0. The number of nitrogens with one attached hydrogen (secondary N) is 1. The minimum absolute atomic E-state index is 0.142. The largest absolute Gasteiger partial charge is 0.378 e. The number of carbonyl (C=O) groups excluding carboxylic acids is 1. The second-order valence-electron chi connectivity index (χ2n) is 6.55. The molecule has 4 nitrogen and oxygen atoms in total. The number of benzene rings is 1. The number of nitrogens with zero attached hydrogens (tertiary/aromatic N) is 1. The number of carbonyl (C=O) groups is 1. The number of hydrogen-bond acceptors (Lipinski definition) is 3. The van der Waals surface area contributed by atoms with Crippen molar-refractivity contribution < 1.29 is 9.53 Å². The van der Waals surface area contributed by atoms with Gasteiger partial charge in [-0.15, -0.1) is 0 Å². The summed E-state index contributed by atoms with van der Waals surface area (Å²) in [6.45, 7) is 9.30. The summed E-state index contributed by atoms with van der Waals surface area (Å²) in [6, 6.07) is 10.4. The first-order valence-corrected chi connectivity index (χ1v) is 9.36. The maximum atomic E-state index is 12.2. The highest BCUT2D eigenvalue weighted by molar-refractivity contribution is 5.77. The molecule has 1 saturated carbocycles. The van der Waals surface area contributed by atoms with E-state index in [4.69, 9.17) is 4.74 Å². The van der Waals surface area contributed by atoms with Crippen LogP contribution in [0.25, 0.3) is 0 Å². The molecule has 0 spiro atoms. The molecule has 1 aliphatic rings. The summed E-state index contributed by atoms with van der Waals surface area (Å²) in [6.07, 6.45) is 3.09. The Hall–Kier alpha value is -1.39. The molecule has 0 saturated heterocycles. The van der Waals surface area contributed by atoms with Crippen LogP contribution < -0.4 is 5.32 Å². The molecular formula is C20H32N2O2. The molecule has 1 N–H and O–H groups in total. The fourth-order valence-electron chi connectivity index (χ4n) is 3.13. The molecule has 2 rings (SSSR count). The lowest BCUT2D eigenvalue weighted by molar-refractivity contribution is -0.121. The van der Waals surface area contributed by atoms with Crippen LogP contribution >= 0.6 is 0 Å². The van der Waals surface area contributed by atoms with Crippen molar-refractivity contribution in [1.29, 1.82) is 0 Å². The fraction of sp³-hybridized carbons (Fsp3) is 0.650. The first-order chi connectivity index (χ1) is 11.7. The third-order valence-electron chi connectivity index (χ3n) is 4.84. The van der Waals surface area contributed by atoms with Gasteiger partial charge in [0, 0.05) is 19.5 Å². The van der Waals surface area contributed by atoms with Gasteiger partial charge in [-0.1, -0.05) is 44.2 Å². The maximum absolute atomic E-state index is 12.2. The molecule has 1 fully saturated rings. The van der Waals surface area contributed by atoms with Crippen molar-refractivity contribution in [1.82, 2.24) is 10.2 Å². The van der Waals surface area contributed by atoms with Crippen LogP contribution in [-0.2, 0) is 9.53 Å². The standard InChI is InChI=1S/C20H32N2O2/c1-3-22(4-2)13-15-24-14-12-21-20(23)16-19(18-10-11-18)17-8-6-5-7-9-17/h5-9,18-19H,3-4,10-16H2,1-2H3,(H,21,23). The van der Waals surface area contributed by atoms with Crippen molar-refractivity contribution in [3.8, 4) is 0 Å². The minimum Gasteiger partial charge on any atom is -0.378 e. The van der Waals surface area contributed by atoms with Gasteiger partial charge in [0.15, 0.2) is 0 Å². The van der Waals surface area contributed by atoms with Gasteiger partial charge >= 0.3 is 0 Å². The topological polar surface area (TPSA) is 41.6 Å². The van der Waals surface area contributed by atoms with Crippen LogP contribution in [0, 0.1) is 5.92 Å². The van der Waals surface area contributed by atoms with Gasteiger partial charge in [0.1, 0.15) is 0 Å². The molecule has 1 atom stereocenters. The van der Waals surface area contributed by atoms with Gasteiger partial charge < -0.3 is 15.0 Å². The van der Waals surface area contributed by atoms with Crippen LogP contribution in [0.1, 0.15) is 44.6 Å². The van der Waals surface area contributed by atoms with Crippen LogP contribution in [0.5, 0.6) is 0 Å². The van der Waals surface area contributed by atoms with Crippen molar-refractivity contribution in [2.75, 3.05) is 39.4 Å². The van der Waals surface area contributed by atoms with E-state index < -0.39 is 0 Å². The average molecular weight is 332 g/mol. The summed E-state index contributed by atoms with van der Waals surface area (Å²) in [5.41, 5.74) is 1.30. The zero-order valence-electron chi connectivity index (χ0n) is 15.2. The number of ether oxygens (including phenoxy) is 1. The number of hydrogen-bond donors (Lipinski definition) is 1. The lowest BCUT2D eigenvalue weighted by Crippen LogP contribution is -2.31. The molecular weight excluding hydrogens is 300 g/mol. The zero-order valence-corrected chi connectivity index (χ0v) is 15.2. The molecule has 0 heterocycles. The Morgan fingerprint density at radius 3 is 2.54 bits per heavy atom. The Morgan fingerprint density at radius 2 is 1.92 bits per heavy atom. The number of likely N-dealkylation sites (N-methyl/N-ethyl adjacent to an activating group) is 1. The molecule has 1 unspecified atom stereocenters. The molecule has 1 aliphatic carbocycles. The van der Waals surface area contributed by atoms with E-state index in [-0.39, 0.29) is 5.91 Å². The Bertz CT molecular complexity index is 470. The van der Waals surface area contributed by atoms with Gasteiger partial charge in [-0.2, -0.15) is 0 Å². The predicted octanol–water partition coefficient (Wildman–Crippen LogP) is 3.04. The van der Waals surface area contributed by atoms with Gasteiger partial charge in [0.25, 0.3) is 0 Å². The predicted molar refractivity (Wildman–Crippen MR) is 98.1 cm³/mol. The molecule has 4 heteroatoms. The van der Waals surface area contributed by atoms with Gasteiger partial charge in [-0.3, -0.25) is 4.79 Å². The Morgan fingerprint density at radius 1 is 1.21 bits per heavy atom. The molecule has 0 bridgehead atoms.